The average molecular weight is 287 g/mol. The Bertz CT molecular complexity index is 371. The highest BCUT2D eigenvalue weighted by atomic mass is 79.9. The smallest absolute Gasteiger partial charge is 0.234 e. The second-order valence-corrected chi connectivity index (χ2v) is 4.52. The number of benzene rings is 1. The molecular formula is C11H15BrN2O2. The van der Waals surface area contributed by atoms with Gasteiger partial charge in [-0.05, 0) is 24.6 Å². The number of hydrogen-bond acceptors (Lipinski definition) is 3. The van der Waals surface area contributed by atoms with E-state index in [1.165, 1.54) is 0 Å². The standard InChI is InChI=1S/C11H15BrN2O2/c1-7(11(13)16)14-6-10(15)8-3-2-4-9(12)5-8/h2-5,7,10,14-15H,6H2,1H3,(H2,13,16). The van der Waals surface area contributed by atoms with Gasteiger partial charge in [0.2, 0.25) is 5.91 Å². The Morgan fingerprint density at radius 3 is 2.88 bits per heavy atom. The van der Waals surface area contributed by atoms with E-state index in [1.807, 2.05) is 24.3 Å². The van der Waals surface area contributed by atoms with Gasteiger partial charge in [0.1, 0.15) is 0 Å². The van der Waals surface area contributed by atoms with Gasteiger partial charge in [0.25, 0.3) is 0 Å². The highest BCUT2D eigenvalue weighted by Gasteiger charge is 2.12. The minimum atomic E-state index is -0.653. The Labute approximate surface area is 103 Å². The molecule has 0 fully saturated rings. The number of halogens is 1. The van der Waals surface area contributed by atoms with E-state index in [2.05, 4.69) is 21.2 Å². The van der Waals surface area contributed by atoms with Crippen molar-refractivity contribution in [2.75, 3.05) is 6.54 Å². The van der Waals surface area contributed by atoms with Crippen LogP contribution in [0.25, 0.3) is 0 Å². The summed E-state index contributed by atoms with van der Waals surface area (Å²) in [5.41, 5.74) is 5.88. The van der Waals surface area contributed by atoms with Crippen LogP contribution in [0.5, 0.6) is 0 Å². The molecular weight excluding hydrogens is 272 g/mol. The molecule has 5 heteroatoms. The van der Waals surface area contributed by atoms with Crippen LogP contribution >= 0.6 is 15.9 Å². The summed E-state index contributed by atoms with van der Waals surface area (Å²) in [5.74, 6) is -0.429. The van der Waals surface area contributed by atoms with Gasteiger partial charge in [0, 0.05) is 11.0 Å². The van der Waals surface area contributed by atoms with Gasteiger partial charge in [-0.3, -0.25) is 4.79 Å². The largest absolute Gasteiger partial charge is 0.387 e. The second-order valence-electron chi connectivity index (χ2n) is 3.60. The first kappa shape index (κ1) is 13.2. The molecule has 0 aliphatic heterocycles. The normalized spacial score (nSPS) is 14.4. The number of carbonyl (C=O) groups excluding carboxylic acids is 1. The van der Waals surface area contributed by atoms with Crippen LogP contribution in [0.15, 0.2) is 28.7 Å². The van der Waals surface area contributed by atoms with Crippen LogP contribution in [-0.2, 0) is 4.79 Å². The van der Waals surface area contributed by atoms with E-state index >= 15 is 0 Å². The molecule has 0 heterocycles. The summed E-state index contributed by atoms with van der Waals surface area (Å²) in [7, 11) is 0. The summed E-state index contributed by atoms with van der Waals surface area (Å²) in [6.45, 7) is 1.95. The molecule has 1 aromatic rings. The molecule has 4 N–H and O–H groups in total. The number of rotatable bonds is 5. The van der Waals surface area contributed by atoms with E-state index in [0.29, 0.717) is 6.54 Å². The highest BCUT2D eigenvalue weighted by Crippen LogP contribution is 2.17. The van der Waals surface area contributed by atoms with Crippen molar-refractivity contribution in [2.24, 2.45) is 5.73 Å². The highest BCUT2D eigenvalue weighted by molar-refractivity contribution is 9.10. The number of amides is 1. The quantitative estimate of drug-likeness (QED) is 0.754. The summed E-state index contributed by atoms with van der Waals surface area (Å²) in [6.07, 6.45) is -0.653. The number of primary amides is 1. The van der Waals surface area contributed by atoms with Crippen LogP contribution in [0, 0.1) is 0 Å². The van der Waals surface area contributed by atoms with Crippen molar-refractivity contribution in [3.05, 3.63) is 34.3 Å². The van der Waals surface area contributed by atoms with Gasteiger partial charge in [0.15, 0.2) is 0 Å². The van der Waals surface area contributed by atoms with Gasteiger partial charge < -0.3 is 16.2 Å². The summed E-state index contributed by atoms with van der Waals surface area (Å²) >= 11 is 3.33. The van der Waals surface area contributed by atoms with Crippen molar-refractivity contribution in [3.63, 3.8) is 0 Å². The van der Waals surface area contributed by atoms with E-state index in [-0.39, 0.29) is 0 Å². The van der Waals surface area contributed by atoms with Crippen molar-refractivity contribution >= 4 is 21.8 Å². The Balaban J connectivity index is 2.52. The molecule has 0 saturated heterocycles. The maximum atomic E-state index is 10.8. The van der Waals surface area contributed by atoms with Crippen LogP contribution in [0.4, 0.5) is 0 Å². The van der Waals surface area contributed by atoms with Crippen LogP contribution in [0.2, 0.25) is 0 Å². The van der Waals surface area contributed by atoms with Crippen molar-refractivity contribution < 1.29 is 9.90 Å². The maximum absolute atomic E-state index is 10.8. The number of nitrogens with two attached hydrogens (primary N) is 1. The fourth-order valence-corrected chi connectivity index (χ4v) is 1.64. The molecule has 0 aliphatic rings. The Morgan fingerprint density at radius 2 is 2.31 bits per heavy atom. The topological polar surface area (TPSA) is 75.3 Å². The summed E-state index contributed by atoms with van der Waals surface area (Å²) < 4.78 is 0.909. The molecule has 16 heavy (non-hydrogen) atoms. The fourth-order valence-electron chi connectivity index (χ4n) is 1.22. The molecule has 88 valence electrons. The van der Waals surface area contributed by atoms with Crippen molar-refractivity contribution in [3.8, 4) is 0 Å². The van der Waals surface area contributed by atoms with E-state index in [9.17, 15) is 9.90 Å². The molecule has 2 unspecified atom stereocenters. The molecule has 4 nitrogen and oxygen atoms in total. The predicted octanol–water partition coefficient (Wildman–Crippen LogP) is 0.946. The lowest BCUT2D eigenvalue weighted by Crippen LogP contribution is -2.40. The Kier molecular flexibility index (Phi) is 4.92. The minimum Gasteiger partial charge on any atom is -0.387 e. The third-order valence-corrected chi connectivity index (χ3v) is 2.77. The van der Waals surface area contributed by atoms with Crippen molar-refractivity contribution in [1.29, 1.82) is 0 Å². The van der Waals surface area contributed by atoms with E-state index in [1.54, 1.807) is 6.92 Å². The Hall–Kier alpha value is -0.910. The lowest BCUT2D eigenvalue weighted by atomic mass is 10.1. The molecule has 0 spiro atoms. The number of aliphatic hydroxyl groups is 1. The van der Waals surface area contributed by atoms with Crippen LogP contribution in [0.1, 0.15) is 18.6 Å². The molecule has 2 atom stereocenters. The van der Waals surface area contributed by atoms with Crippen LogP contribution < -0.4 is 11.1 Å². The molecule has 0 radical (unpaired) electrons. The fraction of sp³-hybridized carbons (Fsp3) is 0.364. The second kappa shape index (κ2) is 5.98. The average Bonchev–Trinajstić information content (AvgIpc) is 2.25. The zero-order valence-corrected chi connectivity index (χ0v) is 10.6. The van der Waals surface area contributed by atoms with E-state index < -0.39 is 18.1 Å². The summed E-state index contributed by atoms with van der Waals surface area (Å²) in [6, 6.07) is 6.95. The molecule has 0 saturated carbocycles. The molecule has 1 aromatic carbocycles. The molecule has 1 amide bonds. The van der Waals surface area contributed by atoms with E-state index in [4.69, 9.17) is 5.73 Å². The first-order chi connectivity index (χ1) is 7.50. The molecule has 0 aliphatic carbocycles. The third-order valence-electron chi connectivity index (χ3n) is 2.28. The molecule has 1 rings (SSSR count). The number of carbonyl (C=O) groups is 1. The van der Waals surface area contributed by atoms with Gasteiger partial charge in [0.05, 0.1) is 12.1 Å². The molecule has 0 aromatic heterocycles. The van der Waals surface area contributed by atoms with Gasteiger partial charge in [-0.1, -0.05) is 28.1 Å². The first-order valence-electron chi connectivity index (χ1n) is 4.97. The maximum Gasteiger partial charge on any atom is 0.234 e. The minimum absolute atomic E-state index is 0.292. The van der Waals surface area contributed by atoms with Gasteiger partial charge in [-0.15, -0.1) is 0 Å². The lowest BCUT2D eigenvalue weighted by molar-refractivity contribution is -0.119. The number of hydrogen-bond donors (Lipinski definition) is 3. The SMILES string of the molecule is CC(NCC(O)c1cccc(Br)c1)C(N)=O. The third kappa shape index (κ3) is 3.92. The van der Waals surface area contributed by atoms with Gasteiger partial charge in [-0.25, -0.2) is 0 Å². The predicted molar refractivity (Wildman–Crippen MR) is 65.8 cm³/mol. The van der Waals surface area contributed by atoms with E-state index in [0.717, 1.165) is 10.0 Å². The van der Waals surface area contributed by atoms with Crippen molar-refractivity contribution in [1.82, 2.24) is 5.32 Å². The zero-order chi connectivity index (χ0) is 12.1. The first-order valence-corrected chi connectivity index (χ1v) is 5.76. The number of aliphatic hydroxyl groups excluding tert-OH is 1. The van der Waals surface area contributed by atoms with Crippen LogP contribution in [-0.4, -0.2) is 23.6 Å². The Morgan fingerprint density at radius 1 is 1.62 bits per heavy atom. The zero-order valence-electron chi connectivity index (χ0n) is 8.98. The molecule has 0 bridgehead atoms. The summed E-state index contributed by atoms with van der Waals surface area (Å²) in [5, 5.41) is 12.7. The van der Waals surface area contributed by atoms with Gasteiger partial charge in [-0.2, -0.15) is 0 Å². The lowest BCUT2D eigenvalue weighted by Gasteiger charge is -2.15. The summed E-state index contributed by atoms with van der Waals surface area (Å²) in [4.78, 5) is 10.8. The monoisotopic (exact) mass is 286 g/mol. The van der Waals surface area contributed by atoms with Gasteiger partial charge >= 0.3 is 0 Å². The van der Waals surface area contributed by atoms with Crippen molar-refractivity contribution in [2.45, 2.75) is 19.1 Å². The van der Waals surface area contributed by atoms with Crippen LogP contribution in [0.3, 0.4) is 0 Å². The number of nitrogens with one attached hydrogen (secondary N) is 1.